The smallest absolute Gasteiger partial charge is 0.307 e. The average Bonchev–Trinajstić information content (AvgIpc) is 2.49. The van der Waals surface area contributed by atoms with Gasteiger partial charge in [0.2, 0.25) is 0 Å². The van der Waals surface area contributed by atoms with E-state index in [2.05, 4.69) is 0 Å². The maximum Gasteiger partial charge on any atom is 0.307 e. The molecule has 2 rings (SSSR count). The standard InChI is InChI=1S/C18H18O4/c1-12-14(10-15(18(21)22)11-17(19)20)8-5-9-16(12)13-6-3-2-4-7-13/h2-9,15H,10-11H2,1H3,(H,19,20)(H,21,22). The van der Waals surface area contributed by atoms with Crippen LogP contribution in [0, 0.1) is 12.8 Å². The zero-order valence-corrected chi connectivity index (χ0v) is 12.3. The van der Waals surface area contributed by atoms with Gasteiger partial charge in [0, 0.05) is 0 Å². The Labute approximate surface area is 129 Å². The van der Waals surface area contributed by atoms with Crippen molar-refractivity contribution in [2.75, 3.05) is 0 Å². The van der Waals surface area contributed by atoms with E-state index in [4.69, 9.17) is 5.11 Å². The van der Waals surface area contributed by atoms with Gasteiger partial charge in [0.05, 0.1) is 12.3 Å². The number of benzene rings is 2. The summed E-state index contributed by atoms with van der Waals surface area (Å²) in [6.45, 7) is 1.94. The van der Waals surface area contributed by atoms with E-state index in [1.54, 1.807) is 0 Å². The molecular weight excluding hydrogens is 280 g/mol. The maximum absolute atomic E-state index is 11.2. The molecule has 0 aliphatic rings. The van der Waals surface area contributed by atoms with Gasteiger partial charge in [-0.3, -0.25) is 9.59 Å². The van der Waals surface area contributed by atoms with Crippen molar-refractivity contribution in [3.05, 3.63) is 59.7 Å². The van der Waals surface area contributed by atoms with Gasteiger partial charge in [-0.15, -0.1) is 0 Å². The minimum Gasteiger partial charge on any atom is -0.481 e. The lowest BCUT2D eigenvalue weighted by atomic mass is 9.90. The first-order valence-electron chi connectivity index (χ1n) is 7.07. The fraction of sp³-hybridized carbons (Fsp3) is 0.222. The molecule has 0 spiro atoms. The van der Waals surface area contributed by atoms with Crippen LogP contribution < -0.4 is 0 Å². The molecule has 2 N–H and O–H groups in total. The van der Waals surface area contributed by atoms with Gasteiger partial charge >= 0.3 is 11.9 Å². The van der Waals surface area contributed by atoms with Crippen LogP contribution in [0.5, 0.6) is 0 Å². The molecule has 2 aromatic carbocycles. The van der Waals surface area contributed by atoms with Crippen LogP contribution >= 0.6 is 0 Å². The quantitative estimate of drug-likeness (QED) is 0.857. The number of carbonyl (C=O) groups is 2. The highest BCUT2D eigenvalue weighted by Crippen LogP contribution is 2.27. The second-order valence-corrected chi connectivity index (χ2v) is 5.29. The molecule has 0 saturated carbocycles. The highest BCUT2D eigenvalue weighted by Gasteiger charge is 2.22. The summed E-state index contributed by atoms with van der Waals surface area (Å²) in [7, 11) is 0. The largest absolute Gasteiger partial charge is 0.481 e. The zero-order chi connectivity index (χ0) is 16.1. The molecule has 0 fully saturated rings. The molecule has 0 radical (unpaired) electrons. The van der Waals surface area contributed by atoms with Gasteiger partial charge in [-0.25, -0.2) is 0 Å². The molecule has 1 unspecified atom stereocenters. The maximum atomic E-state index is 11.2. The Morgan fingerprint density at radius 1 is 1.00 bits per heavy atom. The topological polar surface area (TPSA) is 74.6 Å². The first kappa shape index (κ1) is 15.8. The van der Waals surface area contributed by atoms with E-state index in [-0.39, 0.29) is 12.8 Å². The Bertz CT molecular complexity index is 677. The fourth-order valence-corrected chi connectivity index (χ4v) is 2.56. The molecule has 2 aromatic rings. The molecular formula is C18H18O4. The van der Waals surface area contributed by atoms with E-state index >= 15 is 0 Å². The SMILES string of the molecule is Cc1c(CC(CC(=O)O)C(=O)O)cccc1-c1ccccc1. The first-order valence-corrected chi connectivity index (χ1v) is 7.07. The lowest BCUT2D eigenvalue weighted by Crippen LogP contribution is -2.20. The number of carboxylic acids is 2. The van der Waals surface area contributed by atoms with Crippen molar-refractivity contribution in [1.29, 1.82) is 0 Å². The molecule has 114 valence electrons. The lowest BCUT2D eigenvalue weighted by molar-refractivity contribution is -0.148. The molecule has 1 atom stereocenters. The molecule has 4 nitrogen and oxygen atoms in total. The average molecular weight is 298 g/mol. The first-order chi connectivity index (χ1) is 10.5. The molecule has 0 aliphatic carbocycles. The summed E-state index contributed by atoms with van der Waals surface area (Å²) in [5.41, 5.74) is 3.96. The molecule has 0 saturated heterocycles. The molecule has 4 heteroatoms. The van der Waals surface area contributed by atoms with Gasteiger partial charge in [0.1, 0.15) is 0 Å². The molecule has 0 aliphatic heterocycles. The van der Waals surface area contributed by atoms with Crippen LogP contribution in [0.1, 0.15) is 17.5 Å². The Hall–Kier alpha value is -2.62. The summed E-state index contributed by atoms with van der Waals surface area (Å²) in [4.78, 5) is 22.1. The minimum absolute atomic E-state index is 0.216. The van der Waals surface area contributed by atoms with Gasteiger partial charge in [-0.05, 0) is 35.6 Å². The van der Waals surface area contributed by atoms with Crippen molar-refractivity contribution in [2.45, 2.75) is 19.8 Å². The number of aliphatic carboxylic acids is 2. The number of rotatable bonds is 6. The van der Waals surface area contributed by atoms with Gasteiger partial charge < -0.3 is 10.2 Å². The lowest BCUT2D eigenvalue weighted by Gasteiger charge is -2.15. The second kappa shape index (κ2) is 6.89. The van der Waals surface area contributed by atoms with E-state index in [0.29, 0.717) is 0 Å². The van der Waals surface area contributed by atoms with Crippen LogP contribution in [0.15, 0.2) is 48.5 Å². The minimum atomic E-state index is -1.09. The highest BCUT2D eigenvalue weighted by molar-refractivity contribution is 5.78. The van der Waals surface area contributed by atoms with Crippen molar-refractivity contribution in [1.82, 2.24) is 0 Å². The normalized spacial score (nSPS) is 11.9. The van der Waals surface area contributed by atoms with Crippen LogP contribution in [-0.4, -0.2) is 22.2 Å². The van der Waals surface area contributed by atoms with Gasteiger partial charge in [-0.2, -0.15) is 0 Å². The third-order valence-electron chi connectivity index (χ3n) is 3.77. The predicted octanol–water partition coefficient (Wildman–Crippen LogP) is 3.38. The predicted molar refractivity (Wildman–Crippen MR) is 83.7 cm³/mol. The second-order valence-electron chi connectivity index (χ2n) is 5.29. The van der Waals surface area contributed by atoms with Crippen LogP contribution in [0.3, 0.4) is 0 Å². The van der Waals surface area contributed by atoms with E-state index in [1.165, 1.54) is 0 Å². The summed E-state index contributed by atoms with van der Waals surface area (Å²) < 4.78 is 0. The molecule has 0 aromatic heterocycles. The summed E-state index contributed by atoms with van der Waals surface area (Å²) >= 11 is 0. The number of hydrogen-bond donors (Lipinski definition) is 2. The molecule has 22 heavy (non-hydrogen) atoms. The van der Waals surface area contributed by atoms with Crippen molar-refractivity contribution < 1.29 is 19.8 Å². The number of carboxylic acid groups (broad SMARTS) is 2. The molecule has 0 bridgehead atoms. The van der Waals surface area contributed by atoms with Gasteiger partial charge in [-0.1, -0.05) is 48.5 Å². The van der Waals surface area contributed by atoms with E-state index in [1.807, 2.05) is 55.5 Å². The Morgan fingerprint density at radius 2 is 1.68 bits per heavy atom. The van der Waals surface area contributed by atoms with Gasteiger partial charge in [0.25, 0.3) is 0 Å². The van der Waals surface area contributed by atoms with Crippen LogP contribution in [0.25, 0.3) is 11.1 Å². The van der Waals surface area contributed by atoms with Gasteiger partial charge in [0.15, 0.2) is 0 Å². The van der Waals surface area contributed by atoms with E-state index < -0.39 is 17.9 Å². The third kappa shape index (κ3) is 3.73. The van der Waals surface area contributed by atoms with Crippen molar-refractivity contribution in [2.24, 2.45) is 5.92 Å². The van der Waals surface area contributed by atoms with Crippen molar-refractivity contribution in [3.63, 3.8) is 0 Å². The summed E-state index contributed by atoms with van der Waals surface area (Å²) in [6.07, 6.45) is -0.154. The monoisotopic (exact) mass is 298 g/mol. The number of hydrogen-bond acceptors (Lipinski definition) is 2. The molecule has 0 amide bonds. The van der Waals surface area contributed by atoms with Crippen LogP contribution in [0.2, 0.25) is 0 Å². The van der Waals surface area contributed by atoms with Crippen molar-refractivity contribution >= 4 is 11.9 Å². The third-order valence-corrected chi connectivity index (χ3v) is 3.77. The Balaban J connectivity index is 2.32. The summed E-state index contributed by atoms with van der Waals surface area (Å²) in [5.74, 6) is -3.08. The van der Waals surface area contributed by atoms with Crippen LogP contribution in [0.4, 0.5) is 0 Å². The summed E-state index contributed by atoms with van der Waals surface area (Å²) in [5, 5.41) is 18.0. The highest BCUT2D eigenvalue weighted by atomic mass is 16.4. The Kier molecular flexibility index (Phi) is 4.94. The summed E-state index contributed by atoms with van der Waals surface area (Å²) in [6, 6.07) is 15.6. The van der Waals surface area contributed by atoms with E-state index in [9.17, 15) is 14.7 Å². The zero-order valence-electron chi connectivity index (χ0n) is 12.3. The van der Waals surface area contributed by atoms with Crippen LogP contribution in [-0.2, 0) is 16.0 Å². The Morgan fingerprint density at radius 3 is 2.27 bits per heavy atom. The molecule has 0 heterocycles. The van der Waals surface area contributed by atoms with Crippen molar-refractivity contribution in [3.8, 4) is 11.1 Å². The van der Waals surface area contributed by atoms with E-state index in [0.717, 1.165) is 22.3 Å². The fourth-order valence-electron chi connectivity index (χ4n) is 2.56.